The van der Waals surface area contributed by atoms with Gasteiger partial charge in [-0.1, -0.05) is 0 Å². The van der Waals surface area contributed by atoms with E-state index < -0.39 is 0 Å². The highest BCUT2D eigenvalue weighted by molar-refractivity contribution is 5.76. The molecule has 4 nitrogen and oxygen atoms in total. The lowest BCUT2D eigenvalue weighted by molar-refractivity contribution is -0.122. The summed E-state index contributed by atoms with van der Waals surface area (Å²) in [7, 11) is 0. The molecule has 0 saturated carbocycles. The number of nitrogens with one attached hydrogen (secondary N) is 2. The maximum Gasteiger partial charge on any atom is 0.220 e. The van der Waals surface area contributed by atoms with E-state index in [-0.39, 0.29) is 5.91 Å². The van der Waals surface area contributed by atoms with Gasteiger partial charge >= 0.3 is 0 Å². The van der Waals surface area contributed by atoms with Gasteiger partial charge in [-0.3, -0.25) is 4.79 Å². The second kappa shape index (κ2) is 4.94. The Labute approximate surface area is 90.8 Å². The first-order valence-corrected chi connectivity index (χ1v) is 5.88. The van der Waals surface area contributed by atoms with Gasteiger partial charge < -0.3 is 15.4 Å². The predicted octanol–water partition coefficient (Wildman–Crippen LogP) is 0.422. The van der Waals surface area contributed by atoms with E-state index >= 15 is 0 Å². The molecule has 2 heterocycles. The van der Waals surface area contributed by atoms with E-state index in [1.165, 1.54) is 0 Å². The van der Waals surface area contributed by atoms with Crippen LogP contribution in [0.4, 0.5) is 0 Å². The zero-order valence-electron chi connectivity index (χ0n) is 9.29. The van der Waals surface area contributed by atoms with Crippen molar-refractivity contribution in [3.05, 3.63) is 0 Å². The van der Waals surface area contributed by atoms with Crippen LogP contribution in [0, 0.1) is 0 Å². The van der Waals surface area contributed by atoms with E-state index in [1.54, 1.807) is 0 Å². The van der Waals surface area contributed by atoms with E-state index in [0.29, 0.717) is 24.6 Å². The summed E-state index contributed by atoms with van der Waals surface area (Å²) in [6.07, 6.45) is 4.18. The summed E-state index contributed by atoms with van der Waals surface area (Å²) in [5, 5.41) is 6.51. The fraction of sp³-hybridized carbons (Fsp3) is 0.909. The molecular weight excluding hydrogens is 192 g/mol. The summed E-state index contributed by atoms with van der Waals surface area (Å²) in [5.41, 5.74) is 0. The molecule has 2 aliphatic heterocycles. The molecule has 4 heteroatoms. The lowest BCUT2D eigenvalue weighted by atomic mass is 10.0. The van der Waals surface area contributed by atoms with E-state index in [1.807, 2.05) is 0 Å². The van der Waals surface area contributed by atoms with E-state index in [2.05, 4.69) is 17.6 Å². The number of ether oxygens (including phenoxy) is 1. The molecule has 1 amide bonds. The Balaban J connectivity index is 1.74. The third-order valence-electron chi connectivity index (χ3n) is 3.22. The maximum absolute atomic E-state index is 11.0. The van der Waals surface area contributed by atoms with Crippen LogP contribution in [0.2, 0.25) is 0 Å². The molecule has 15 heavy (non-hydrogen) atoms. The minimum Gasteiger partial charge on any atom is -0.378 e. The van der Waals surface area contributed by atoms with Gasteiger partial charge in [0.2, 0.25) is 5.91 Å². The van der Waals surface area contributed by atoms with Crippen molar-refractivity contribution in [1.29, 1.82) is 0 Å². The van der Waals surface area contributed by atoms with Gasteiger partial charge in [0.1, 0.15) is 0 Å². The number of hydrogen-bond donors (Lipinski definition) is 2. The summed E-state index contributed by atoms with van der Waals surface area (Å²) >= 11 is 0. The average Bonchev–Trinajstić information content (AvgIpc) is 2.22. The number of carbonyl (C=O) groups is 1. The molecule has 0 aliphatic carbocycles. The van der Waals surface area contributed by atoms with Gasteiger partial charge in [0.05, 0.1) is 6.10 Å². The number of amides is 1. The van der Waals surface area contributed by atoms with Crippen molar-refractivity contribution in [2.24, 2.45) is 0 Å². The molecule has 0 spiro atoms. The first kappa shape index (κ1) is 10.9. The van der Waals surface area contributed by atoms with E-state index in [0.717, 1.165) is 32.4 Å². The van der Waals surface area contributed by atoms with Gasteiger partial charge in [0.15, 0.2) is 0 Å². The maximum atomic E-state index is 11.0. The van der Waals surface area contributed by atoms with E-state index in [9.17, 15) is 4.79 Å². The predicted molar refractivity (Wildman–Crippen MR) is 57.6 cm³/mol. The zero-order chi connectivity index (χ0) is 10.7. The van der Waals surface area contributed by atoms with Crippen LogP contribution in [0.1, 0.15) is 32.6 Å². The van der Waals surface area contributed by atoms with Crippen molar-refractivity contribution in [3.63, 3.8) is 0 Å². The largest absolute Gasteiger partial charge is 0.378 e. The molecular formula is C11H20N2O2. The Hall–Kier alpha value is -0.610. The molecule has 2 rings (SSSR count). The van der Waals surface area contributed by atoms with Crippen molar-refractivity contribution < 1.29 is 9.53 Å². The molecule has 2 N–H and O–H groups in total. The number of rotatable bonds is 2. The standard InChI is InChI=1S/C11H20N2O2/c1-8-6-9(4-5-15-8)13-10-2-3-11(14)12-7-10/h8-10,13H,2-7H2,1H3,(H,12,14). The van der Waals surface area contributed by atoms with Gasteiger partial charge in [-0.05, 0) is 26.2 Å². The first-order valence-electron chi connectivity index (χ1n) is 5.88. The lowest BCUT2D eigenvalue weighted by Gasteiger charge is -2.33. The van der Waals surface area contributed by atoms with Crippen molar-refractivity contribution in [1.82, 2.24) is 10.6 Å². The minimum absolute atomic E-state index is 0.188. The Morgan fingerprint density at radius 3 is 2.93 bits per heavy atom. The third-order valence-corrected chi connectivity index (χ3v) is 3.22. The summed E-state index contributed by atoms with van der Waals surface area (Å²) in [4.78, 5) is 11.0. The topological polar surface area (TPSA) is 50.4 Å². The van der Waals surface area contributed by atoms with E-state index in [4.69, 9.17) is 4.74 Å². The van der Waals surface area contributed by atoms with Gasteiger partial charge in [-0.25, -0.2) is 0 Å². The van der Waals surface area contributed by atoms with Gasteiger partial charge in [0.25, 0.3) is 0 Å². The van der Waals surface area contributed by atoms with Crippen LogP contribution in [-0.4, -0.2) is 37.2 Å². The summed E-state index contributed by atoms with van der Waals surface area (Å²) in [6, 6.07) is 1.02. The molecule has 0 aromatic heterocycles. The monoisotopic (exact) mass is 212 g/mol. The number of piperidine rings is 1. The lowest BCUT2D eigenvalue weighted by Crippen LogP contribution is -2.51. The molecule has 2 fully saturated rings. The smallest absolute Gasteiger partial charge is 0.220 e. The molecule has 86 valence electrons. The van der Waals surface area contributed by atoms with Crippen LogP contribution in [0.3, 0.4) is 0 Å². The Kier molecular flexibility index (Phi) is 3.59. The summed E-state index contributed by atoms with van der Waals surface area (Å²) in [6.45, 7) is 3.76. The van der Waals surface area contributed by atoms with Crippen LogP contribution in [-0.2, 0) is 9.53 Å². The number of hydrogen-bond acceptors (Lipinski definition) is 3. The molecule has 3 atom stereocenters. The van der Waals surface area contributed by atoms with Crippen molar-refractivity contribution in [3.8, 4) is 0 Å². The molecule has 0 radical (unpaired) electrons. The molecule has 0 aromatic rings. The molecule has 2 aliphatic rings. The quantitative estimate of drug-likeness (QED) is 0.697. The Morgan fingerprint density at radius 1 is 1.40 bits per heavy atom. The molecule has 3 unspecified atom stereocenters. The zero-order valence-corrected chi connectivity index (χ0v) is 9.29. The summed E-state index contributed by atoms with van der Waals surface area (Å²) in [5.74, 6) is 0.188. The van der Waals surface area contributed by atoms with Gasteiger partial charge in [-0.15, -0.1) is 0 Å². The Bertz CT molecular complexity index is 223. The average molecular weight is 212 g/mol. The van der Waals surface area contributed by atoms with Crippen molar-refractivity contribution in [2.75, 3.05) is 13.2 Å². The fourth-order valence-electron chi connectivity index (χ4n) is 2.36. The normalized spacial score (nSPS) is 37.4. The highest BCUT2D eigenvalue weighted by atomic mass is 16.5. The molecule has 0 aromatic carbocycles. The Morgan fingerprint density at radius 2 is 2.27 bits per heavy atom. The van der Waals surface area contributed by atoms with Crippen LogP contribution in [0.5, 0.6) is 0 Å². The molecule has 2 saturated heterocycles. The molecule has 0 bridgehead atoms. The second-order valence-corrected chi connectivity index (χ2v) is 4.61. The fourth-order valence-corrected chi connectivity index (χ4v) is 2.36. The minimum atomic E-state index is 0.188. The van der Waals surface area contributed by atoms with Gasteiger partial charge in [-0.2, -0.15) is 0 Å². The second-order valence-electron chi connectivity index (χ2n) is 4.61. The van der Waals surface area contributed by atoms with Crippen LogP contribution in [0.15, 0.2) is 0 Å². The van der Waals surface area contributed by atoms with Crippen molar-refractivity contribution in [2.45, 2.75) is 50.8 Å². The SMILES string of the molecule is CC1CC(NC2CCC(=O)NC2)CCO1. The third kappa shape index (κ3) is 3.18. The highest BCUT2D eigenvalue weighted by Crippen LogP contribution is 2.15. The number of carbonyl (C=O) groups excluding carboxylic acids is 1. The first-order chi connectivity index (χ1) is 7.24. The summed E-state index contributed by atoms with van der Waals surface area (Å²) < 4.78 is 5.50. The highest BCUT2D eigenvalue weighted by Gasteiger charge is 2.24. The van der Waals surface area contributed by atoms with Crippen LogP contribution in [0.25, 0.3) is 0 Å². The van der Waals surface area contributed by atoms with Crippen LogP contribution < -0.4 is 10.6 Å². The van der Waals surface area contributed by atoms with Gasteiger partial charge in [0, 0.05) is 31.7 Å². The van der Waals surface area contributed by atoms with Crippen molar-refractivity contribution >= 4 is 5.91 Å². The van der Waals surface area contributed by atoms with Crippen LogP contribution >= 0.6 is 0 Å².